The fraction of sp³-hybridized carbons (Fsp3) is 0. The molecule has 0 saturated heterocycles. The Morgan fingerprint density at radius 3 is 2.73 bits per heavy atom. The topological polar surface area (TPSA) is 55.4 Å². The number of anilines is 1. The van der Waals surface area contributed by atoms with Gasteiger partial charge in [-0.2, -0.15) is 8.42 Å². The third-order valence-corrected chi connectivity index (χ3v) is 2.19. The fourth-order valence-electron chi connectivity index (χ4n) is 0.897. The lowest BCUT2D eigenvalue weighted by Crippen LogP contribution is -2.10. The van der Waals surface area contributed by atoms with Gasteiger partial charge in [-0.05, 0) is 12.1 Å². The minimum absolute atomic E-state index is 0.354. The Hall–Kier alpha value is -1.23. The highest BCUT2D eigenvalue weighted by Crippen LogP contribution is 2.31. The van der Waals surface area contributed by atoms with Crippen molar-refractivity contribution in [2.75, 3.05) is 4.72 Å². The lowest BCUT2D eigenvalue weighted by atomic mass is 10.3. The molecule has 4 nitrogen and oxygen atoms in total. The van der Waals surface area contributed by atoms with Gasteiger partial charge < -0.3 is 4.18 Å². The summed E-state index contributed by atoms with van der Waals surface area (Å²) in [5.41, 5.74) is 0.493. The SMILES string of the molecule is O=S1(=O)Nc2ccccc2O1. The van der Waals surface area contributed by atoms with Crippen LogP contribution in [0, 0.1) is 0 Å². The van der Waals surface area contributed by atoms with Crippen molar-refractivity contribution in [3.05, 3.63) is 24.3 Å². The van der Waals surface area contributed by atoms with Gasteiger partial charge in [0.2, 0.25) is 0 Å². The van der Waals surface area contributed by atoms with Crippen LogP contribution in [0.5, 0.6) is 5.75 Å². The number of nitrogens with one attached hydrogen (secondary N) is 1. The van der Waals surface area contributed by atoms with Crippen molar-refractivity contribution in [3.8, 4) is 5.75 Å². The number of fused-ring (bicyclic) bond motifs is 1. The molecule has 0 aromatic heterocycles. The van der Waals surface area contributed by atoms with Crippen LogP contribution in [0.25, 0.3) is 0 Å². The average Bonchev–Trinajstić information content (AvgIpc) is 2.21. The number of hydrogen-bond acceptors (Lipinski definition) is 3. The summed E-state index contributed by atoms with van der Waals surface area (Å²) in [6.45, 7) is 0. The molecule has 0 fully saturated rings. The first-order valence-electron chi connectivity index (χ1n) is 2.99. The summed E-state index contributed by atoms with van der Waals surface area (Å²) in [5, 5.41) is 0. The molecule has 1 N–H and O–H groups in total. The van der Waals surface area contributed by atoms with Crippen molar-refractivity contribution in [2.45, 2.75) is 0 Å². The van der Waals surface area contributed by atoms with Crippen molar-refractivity contribution in [1.82, 2.24) is 0 Å². The molecule has 5 heteroatoms. The van der Waals surface area contributed by atoms with Crippen molar-refractivity contribution in [2.24, 2.45) is 0 Å². The average molecular weight is 171 g/mol. The van der Waals surface area contributed by atoms with E-state index in [1.807, 2.05) is 0 Å². The molecule has 1 heterocycles. The molecule has 2 rings (SSSR count). The Balaban J connectivity index is 2.57. The molecule has 1 aliphatic rings. The van der Waals surface area contributed by atoms with E-state index in [2.05, 4.69) is 8.91 Å². The van der Waals surface area contributed by atoms with Crippen molar-refractivity contribution in [3.63, 3.8) is 0 Å². The molecule has 0 amide bonds. The van der Waals surface area contributed by atoms with Gasteiger partial charge in [-0.15, -0.1) is 0 Å². The second kappa shape index (κ2) is 1.88. The van der Waals surface area contributed by atoms with Crippen LogP contribution in [0.1, 0.15) is 0 Å². The number of benzene rings is 1. The second-order valence-corrected chi connectivity index (χ2v) is 3.41. The van der Waals surface area contributed by atoms with Crippen LogP contribution in [-0.2, 0) is 10.3 Å². The zero-order valence-corrected chi connectivity index (χ0v) is 6.26. The van der Waals surface area contributed by atoms with Gasteiger partial charge in [0.1, 0.15) is 0 Å². The number of rotatable bonds is 0. The van der Waals surface area contributed by atoms with Crippen molar-refractivity contribution >= 4 is 16.0 Å². The van der Waals surface area contributed by atoms with Crippen LogP contribution in [0.4, 0.5) is 5.69 Å². The Morgan fingerprint density at radius 2 is 2.00 bits per heavy atom. The summed E-state index contributed by atoms with van der Waals surface area (Å²) in [6.07, 6.45) is 0. The Bertz CT molecular complexity index is 354. The molecule has 58 valence electrons. The lowest BCUT2D eigenvalue weighted by molar-refractivity contribution is 0.503. The summed E-state index contributed by atoms with van der Waals surface area (Å²) in [6, 6.07) is 6.67. The molecule has 0 radical (unpaired) electrons. The van der Waals surface area contributed by atoms with Gasteiger partial charge in [0.15, 0.2) is 5.75 Å². The van der Waals surface area contributed by atoms with Crippen LogP contribution in [0.2, 0.25) is 0 Å². The second-order valence-electron chi connectivity index (χ2n) is 2.14. The lowest BCUT2D eigenvalue weighted by Gasteiger charge is -1.89. The minimum atomic E-state index is -3.56. The van der Waals surface area contributed by atoms with Gasteiger partial charge in [-0.1, -0.05) is 12.1 Å². The standard InChI is InChI=1S/C6H5NO3S/c8-11(9)7-5-3-1-2-4-6(5)10-11/h1-4,7H. The number of para-hydroxylation sites is 2. The Labute approximate surface area is 64.1 Å². The third kappa shape index (κ3) is 1.03. The third-order valence-electron chi connectivity index (χ3n) is 1.32. The van der Waals surface area contributed by atoms with E-state index in [4.69, 9.17) is 0 Å². The monoisotopic (exact) mass is 171 g/mol. The molecule has 1 aromatic carbocycles. The summed E-state index contributed by atoms with van der Waals surface area (Å²) < 4.78 is 28.3. The summed E-state index contributed by atoms with van der Waals surface area (Å²) in [7, 11) is -3.56. The Morgan fingerprint density at radius 1 is 1.27 bits per heavy atom. The highest BCUT2D eigenvalue weighted by molar-refractivity contribution is 7.88. The van der Waals surface area contributed by atoms with Gasteiger partial charge in [-0.3, -0.25) is 0 Å². The molecule has 1 aromatic rings. The highest BCUT2D eigenvalue weighted by atomic mass is 32.2. The maximum atomic E-state index is 10.8. The molecule has 0 atom stereocenters. The zero-order chi connectivity index (χ0) is 7.90. The summed E-state index contributed by atoms with van der Waals surface area (Å²) in [4.78, 5) is 0. The molecule has 0 unspecified atom stereocenters. The maximum absolute atomic E-state index is 10.8. The molecular formula is C6H5NO3S. The summed E-state index contributed by atoms with van der Waals surface area (Å²) in [5.74, 6) is 0.354. The van der Waals surface area contributed by atoms with E-state index in [9.17, 15) is 8.42 Å². The van der Waals surface area contributed by atoms with Crippen LogP contribution in [0.3, 0.4) is 0 Å². The predicted octanol–water partition coefficient (Wildman–Crippen LogP) is 0.736. The van der Waals surface area contributed by atoms with Crippen molar-refractivity contribution in [1.29, 1.82) is 0 Å². The molecule has 0 aliphatic carbocycles. The highest BCUT2D eigenvalue weighted by Gasteiger charge is 2.23. The molecule has 11 heavy (non-hydrogen) atoms. The molecule has 0 saturated carbocycles. The van der Waals surface area contributed by atoms with Gasteiger partial charge in [0.05, 0.1) is 5.69 Å². The first-order valence-corrected chi connectivity index (χ1v) is 4.39. The first kappa shape index (κ1) is 6.48. The van der Waals surface area contributed by atoms with E-state index in [1.54, 1.807) is 24.3 Å². The van der Waals surface area contributed by atoms with Crippen molar-refractivity contribution < 1.29 is 12.6 Å². The predicted molar refractivity (Wildman–Crippen MR) is 39.6 cm³/mol. The van der Waals surface area contributed by atoms with E-state index < -0.39 is 10.3 Å². The van der Waals surface area contributed by atoms with Crippen LogP contribution in [0.15, 0.2) is 24.3 Å². The largest absolute Gasteiger partial charge is 0.407 e. The van der Waals surface area contributed by atoms with E-state index in [0.717, 1.165) is 0 Å². The molecule has 0 spiro atoms. The fourth-order valence-corrected chi connectivity index (χ4v) is 1.76. The molecule has 0 bridgehead atoms. The van der Waals surface area contributed by atoms with Gasteiger partial charge >= 0.3 is 10.3 Å². The summed E-state index contributed by atoms with van der Waals surface area (Å²) >= 11 is 0. The van der Waals surface area contributed by atoms with Gasteiger partial charge in [0.25, 0.3) is 0 Å². The maximum Gasteiger partial charge on any atom is 0.407 e. The smallest absolute Gasteiger partial charge is 0.365 e. The quantitative estimate of drug-likeness (QED) is 0.626. The Kier molecular flexibility index (Phi) is 1.11. The van der Waals surface area contributed by atoms with E-state index in [-0.39, 0.29) is 0 Å². The van der Waals surface area contributed by atoms with E-state index in [0.29, 0.717) is 11.4 Å². The van der Waals surface area contributed by atoms with Crippen LogP contribution >= 0.6 is 0 Å². The minimum Gasteiger partial charge on any atom is -0.365 e. The molecule has 1 aliphatic heterocycles. The first-order chi connectivity index (χ1) is 5.17. The molecular weight excluding hydrogens is 166 g/mol. The van der Waals surface area contributed by atoms with Crippen LogP contribution < -0.4 is 8.91 Å². The zero-order valence-electron chi connectivity index (χ0n) is 5.44. The van der Waals surface area contributed by atoms with Gasteiger partial charge in [-0.25, -0.2) is 4.72 Å². The van der Waals surface area contributed by atoms with Crippen LogP contribution in [-0.4, -0.2) is 8.42 Å². The van der Waals surface area contributed by atoms with Gasteiger partial charge in [0, 0.05) is 0 Å². The number of hydrogen-bond donors (Lipinski definition) is 1. The van der Waals surface area contributed by atoms with E-state index >= 15 is 0 Å². The van der Waals surface area contributed by atoms with E-state index in [1.165, 1.54) is 0 Å². The normalized spacial score (nSPS) is 18.2.